The number of para-hydroxylation sites is 1. The van der Waals surface area contributed by atoms with E-state index in [1.54, 1.807) is 4.90 Å². The third-order valence-corrected chi connectivity index (χ3v) is 5.70. The van der Waals surface area contributed by atoms with Gasteiger partial charge in [0.05, 0.1) is 23.4 Å². The number of hydrogen-bond donors (Lipinski definition) is 1. The Kier molecular flexibility index (Phi) is 4.16. The van der Waals surface area contributed by atoms with E-state index in [1.165, 1.54) is 24.4 Å². The largest absolute Gasteiger partial charge is 0.481 e. The first-order chi connectivity index (χ1) is 13.2. The molecular formula is C18H17F3N4O3. The zero-order valence-corrected chi connectivity index (χ0v) is 14.7. The number of rotatable bonds is 3. The van der Waals surface area contributed by atoms with E-state index in [1.807, 2.05) is 0 Å². The molecule has 1 aliphatic carbocycles. The number of carbonyl (C=O) groups excluding carboxylic acids is 1. The molecule has 1 spiro atoms. The Morgan fingerprint density at radius 3 is 2.46 bits per heavy atom. The van der Waals surface area contributed by atoms with Crippen LogP contribution in [0.25, 0.3) is 5.69 Å². The summed E-state index contributed by atoms with van der Waals surface area (Å²) in [6.45, 7) is 0.795. The second-order valence-electron chi connectivity index (χ2n) is 7.31. The summed E-state index contributed by atoms with van der Waals surface area (Å²) in [5.41, 5.74) is -1.33. The first-order valence-electron chi connectivity index (χ1n) is 8.82. The summed E-state index contributed by atoms with van der Waals surface area (Å²) in [4.78, 5) is 25.3. The Hall–Kier alpha value is -2.91. The SMILES string of the molecule is O=C(O)C1CC12CCN(C(=O)c1cn(-c3ccccc3C(F)(F)F)nn1)CC2. The molecule has 4 rings (SSSR count). The van der Waals surface area contributed by atoms with Crippen LogP contribution in [0.1, 0.15) is 35.3 Å². The normalized spacial score (nSPS) is 21.0. The lowest BCUT2D eigenvalue weighted by Gasteiger charge is -2.32. The summed E-state index contributed by atoms with van der Waals surface area (Å²) in [6.07, 6.45) is -1.54. The van der Waals surface area contributed by atoms with E-state index in [4.69, 9.17) is 5.11 Å². The molecule has 1 N–H and O–H groups in total. The number of aromatic nitrogens is 3. The number of piperidine rings is 1. The van der Waals surface area contributed by atoms with Crippen LogP contribution in [-0.2, 0) is 11.0 Å². The second kappa shape index (κ2) is 6.32. The number of benzene rings is 1. The van der Waals surface area contributed by atoms with Crippen molar-refractivity contribution in [2.45, 2.75) is 25.4 Å². The Morgan fingerprint density at radius 1 is 1.18 bits per heavy atom. The fourth-order valence-corrected chi connectivity index (χ4v) is 3.96. The fraction of sp³-hybridized carbons (Fsp3) is 0.444. The summed E-state index contributed by atoms with van der Waals surface area (Å²) in [5.74, 6) is -1.56. The average Bonchev–Trinajstić information content (AvgIpc) is 3.14. The van der Waals surface area contributed by atoms with Crippen LogP contribution >= 0.6 is 0 Å². The van der Waals surface area contributed by atoms with Crippen molar-refractivity contribution in [2.75, 3.05) is 13.1 Å². The number of likely N-dealkylation sites (tertiary alicyclic amines) is 1. The Bertz CT molecular complexity index is 932. The lowest BCUT2D eigenvalue weighted by atomic mass is 9.90. The first kappa shape index (κ1) is 18.5. The van der Waals surface area contributed by atoms with Gasteiger partial charge in [0.25, 0.3) is 5.91 Å². The molecule has 1 amide bonds. The number of carboxylic acids is 1. The second-order valence-corrected chi connectivity index (χ2v) is 7.31. The number of carboxylic acid groups (broad SMARTS) is 1. The number of halogens is 3. The average molecular weight is 394 g/mol. The molecule has 1 aromatic heterocycles. The molecule has 1 aliphatic heterocycles. The van der Waals surface area contributed by atoms with Crippen LogP contribution in [0.4, 0.5) is 13.2 Å². The number of hydrogen-bond acceptors (Lipinski definition) is 4. The van der Waals surface area contributed by atoms with Gasteiger partial charge >= 0.3 is 12.1 Å². The molecular weight excluding hydrogens is 377 g/mol. The molecule has 1 saturated carbocycles. The van der Waals surface area contributed by atoms with Gasteiger partial charge in [-0.05, 0) is 36.8 Å². The van der Waals surface area contributed by atoms with Crippen molar-refractivity contribution in [1.29, 1.82) is 0 Å². The molecule has 2 aliphatic rings. The summed E-state index contributed by atoms with van der Waals surface area (Å²) >= 11 is 0. The van der Waals surface area contributed by atoms with Gasteiger partial charge in [-0.25, -0.2) is 4.68 Å². The van der Waals surface area contributed by atoms with Crippen molar-refractivity contribution in [3.05, 3.63) is 41.7 Å². The molecule has 148 valence electrons. The van der Waals surface area contributed by atoms with Gasteiger partial charge in [-0.15, -0.1) is 5.10 Å². The van der Waals surface area contributed by atoms with Gasteiger partial charge in [-0.3, -0.25) is 9.59 Å². The molecule has 1 atom stereocenters. The van der Waals surface area contributed by atoms with Gasteiger partial charge in [0.15, 0.2) is 5.69 Å². The highest BCUT2D eigenvalue weighted by Gasteiger charge is 2.59. The number of amides is 1. The van der Waals surface area contributed by atoms with Crippen molar-refractivity contribution >= 4 is 11.9 Å². The van der Waals surface area contributed by atoms with Crippen molar-refractivity contribution < 1.29 is 27.9 Å². The Balaban J connectivity index is 1.49. The highest BCUT2D eigenvalue weighted by molar-refractivity contribution is 5.92. The van der Waals surface area contributed by atoms with Gasteiger partial charge in [-0.2, -0.15) is 13.2 Å². The summed E-state index contributed by atoms with van der Waals surface area (Å²) in [7, 11) is 0. The minimum atomic E-state index is -4.56. The van der Waals surface area contributed by atoms with E-state index >= 15 is 0 Å². The summed E-state index contributed by atoms with van der Waals surface area (Å²) < 4.78 is 40.5. The maximum absolute atomic E-state index is 13.2. The van der Waals surface area contributed by atoms with Gasteiger partial charge in [0.1, 0.15) is 0 Å². The topological polar surface area (TPSA) is 88.3 Å². The minimum Gasteiger partial charge on any atom is -0.481 e. The zero-order chi connectivity index (χ0) is 20.1. The van der Waals surface area contributed by atoms with E-state index in [0.29, 0.717) is 32.4 Å². The van der Waals surface area contributed by atoms with E-state index in [-0.39, 0.29) is 22.7 Å². The zero-order valence-electron chi connectivity index (χ0n) is 14.7. The molecule has 2 aromatic rings. The van der Waals surface area contributed by atoms with E-state index in [9.17, 15) is 22.8 Å². The van der Waals surface area contributed by atoms with Crippen LogP contribution in [0.5, 0.6) is 0 Å². The highest BCUT2D eigenvalue weighted by Crippen LogP contribution is 2.59. The van der Waals surface area contributed by atoms with E-state index in [2.05, 4.69) is 10.3 Å². The monoisotopic (exact) mass is 394 g/mol. The van der Waals surface area contributed by atoms with Crippen molar-refractivity contribution in [1.82, 2.24) is 19.9 Å². The van der Waals surface area contributed by atoms with Crippen LogP contribution in [0.3, 0.4) is 0 Å². The third kappa shape index (κ3) is 3.12. The molecule has 0 bridgehead atoms. The molecule has 2 heterocycles. The van der Waals surface area contributed by atoms with Crippen LogP contribution in [0.2, 0.25) is 0 Å². The molecule has 1 aromatic carbocycles. The van der Waals surface area contributed by atoms with Gasteiger partial charge in [0.2, 0.25) is 0 Å². The van der Waals surface area contributed by atoms with Crippen LogP contribution in [0.15, 0.2) is 30.5 Å². The molecule has 10 heteroatoms. The number of carbonyl (C=O) groups is 2. The molecule has 1 saturated heterocycles. The highest BCUT2D eigenvalue weighted by atomic mass is 19.4. The maximum atomic E-state index is 13.2. The standard InChI is InChI=1S/C18H17F3N4O3/c19-18(20,21)11-3-1-2-4-14(11)25-10-13(22-23-25)15(26)24-7-5-17(6-8-24)9-12(17)16(27)28/h1-4,10,12H,5-9H2,(H,27,28). The molecule has 7 nitrogen and oxygen atoms in total. The predicted octanol–water partition coefficient (Wildman–Crippen LogP) is 2.61. The number of alkyl halides is 3. The smallest absolute Gasteiger partial charge is 0.418 e. The predicted molar refractivity (Wildman–Crippen MR) is 89.7 cm³/mol. The van der Waals surface area contributed by atoms with Crippen molar-refractivity contribution in [3.8, 4) is 5.69 Å². The van der Waals surface area contributed by atoms with E-state index in [0.717, 1.165) is 10.7 Å². The Labute approximate surface area is 157 Å². The van der Waals surface area contributed by atoms with Crippen LogP contribution in [0, 0.1) is 11.3 Å². The Morgan fingerprint density at radius 2 is 1.86 bits per heavy atom. The first-order valence-corrected chi connectivity index (χ1v) is 8.82. The van der Waals surface area contributed by atoms with Crippen LogP contribution < -0.4 is 0 Å². The lowest BCUT2D eigenvalue weighted by molar-refractivity contribution is -0.140. The van der Waals surface area contributed by atoms with Crippen molar-refractivity contribution in [2.24, 2.45) is 11.3 Å². The van der Waals surface area contributed by atoms with Gasteiger partial charge < -0.3 is 10.0 Å². The molecule has 1 unspecified atom stereocenters. The molecule has 0 radical (unpaired) electrons. The summed E-state index contributed by atoms with van der Waals surface area (Å²) in [6, 6.07) is 4.93. The molecule has 28 heavy (non-hydrogen) atoms. The van der Waals surface area contributed by atoms with Crippen molar-refractivity contribution in [3.63, 3.8) is 0 Å². The minimum absolute atomic E-state index is 0.0430. The lowest BCUT2D eigenvalue weighted by Crippen LogP contribution is -2.40. The summed E-state index contributed by atoms with van der Waals surface area (Å²) in [5, 5.41) is 16.6. The van der Waals surface area contributed by atoms with Gasteiger partial charge in [-0.1, -0.05) is 17.3 Å². The fourth-order valence-electron chi connectivity index (χ4n) is 3.96. The molecule has 2 fully saturated rings. The van der Waals surface area contributed by atoms with Gasteiger partial charge in [0, 0.05) is 13.1 Å². The quantitative estimate of drug-likeness (QED) is 0.865. The number of nitrogens with zero attached hydrogens (tertiary/aromatic N) is 4. The maximum Gasteiger partial charge on any atom is 0.418 e. The number of aliphatic carboxylic acids is 1. The van der Waals surface area contributed by atoms with Crippen LogP contribution in [-0.4, -0.2) is 50.0 Å². The van der Waals surface area contributed by atoms with E-state index < -0.39 is 23.6 Å². The third-order valence-electron chi connectivity index (χ3n) is 5.70.